The lowest BCUT2D eigenvalue weighted by molar-refractivity contribution is 0.195. The summed E-state index contributed by atoms with van der Waals surface area (Å²) >= 11 is 1.88. The van der Waals surface area contributed by atoms with Crippen molar-refractivity contribution in [1.29, 1.82) is 0 Å². The summed E-state index contributed by atoms with van der Waals surface area (Å²) < 4.78 is 0. The van der Waals surface area contributed by atoms with Crippen LogP contribution in [0, 0.1) is 6.92 Å². The van der Waals surface area contributed by atoms with Crippen molar-refractivity contribution in [2.75, 3.05) is 19.6 Å². The molecule has 0 atom stereocenters. The van der Waals surface area contributed by atoms with Crippen molar-refractivity contribution in [2.45, 2.75) is 52.1 Å². The first-order valence-corrected chi connectivity index (χ1v) is 8.16. The van der Waals surface area contributed by atoms with E-state index in [-0.39, 0.29) is 0 Å². The van der Waals surface area contributed by atoms with Crippen LogP contribution in [0.15, 0.2) is 11.4 Å². The molecule has 1 aliphatic heterocycles. The minimum absolute atomic E-state index is 0.726. The van der Waals surface area contributed by atoms with Gasteiger partial charge in [0.25, 0.3) is 0 Å². The molecule has 0 bridgehead atoms. The van der Waals surface area contributed by atoms with Crippen molar-refractivity contribution in [3.8, 4) is 0 Å². The Morgan fingerprint density at radius 3 is 2.78 bits per heavy atom. The zero-order valence-electron chi connectivity index (χ0n) is 11.7. The Hall–Kier alpha value is -0.380. The third-order valence-electron chi connectivity index (χ3n) is 3.93. The number of hydrogen-bond acceptors (Lipinski definition) is 3. The molecule has 1 aromatic heterocycles. The van der Waals surface area contributed by atoms with Crippen LogP contribution in [-0.4, -0.2) is 30.6 Å². The summed E-state index contributed by atoms with van der Waals surface area (Å²) in [5, 5.41) is 5.92. The fourth-order valence-corrected chi connectivity index (χ4v) is 3.42. The number of thiophene rings is 1. The lowest BCUT2D eigenvalue weighted by atomic mass is 10.0. The second kappa shape index (κ2) is 7.27. The molecule has 1 saturated heterocycles. The summed E-state index contributed by atoms with van der Waals surface area (Å²) in [4.78, 5) is 4.13. The smallest absolute Gasteiger partial charge is 0.0304 e. The van der Waals surface area contributed by atoms with Crippen molar-refractivity contribution < 1.29 is 0 Å². The maximum atomic E-state index is 3.73. The van der Waals surface area contributed by atoms with Gasteiger partial charge in [-0.3, -0.25) is 0 Å². The van der Waals surface area contributed by atoms with Gasteiger partial charge in [-0.15, -0.1) is 11.3 Å². The number of rotatable bonds is 6. The lowest BCUT2D eigenvalue weighted by Gasteiger charge is -2.32. The van der Waals surface area contributed by atoms with Gasteiger partial charge in [-0.1, -0.05) is 13.3 Å². The van der Waals surface area contributed by atoms with Gasteiger partial charge in [0.15, 0.2) is 0 Å². The highest BCUT2D eigenvalue weighted by Gasteiger charge is 2.18. The van der Waals surface area contributed by atoms with Crippen LogP contribution in [0.1, 0.15) is 43.0 Å². The Morgan fingerprint density at radius 1 is 1.39 bits per heavy atom. The molecular formula is C15H26N2S. The summed E-state index contributed by atoms with van der Waals surface area (Å²) in [6.07, 6.45) is 5.30. The molecule has 1 aromatic rings. The fourth-order valence-electron chi connectivity index (χ4n) is 2.56. The van der Waals surface area contributed by atoms with E-state index < -0.39 is 0 Å². The first kappa shape index (κ1) is 14.0. The largest absolute Gasteiger partial charge is 0.309 e. The molecule has 0 amide bonds. The van der Waals surface area contributed by atoms with Gasteiger partial charge in [-0.25, -0.2) is 0 Å². The van der Waals surface area contributed by atoms with E-state index in [1.807, 2.05) is 11.3 Å². The minimum atomic E-state index is 0.726. The summed E-state index contributed by atoms with van der Waals surface area (Å²) in [6.45, 7) is 9.40. The van der Waals surface area contributed by atoms with Crippen molar-refractivity contribution >= 4 is 11.3 Å². The number of hydrogen-bond donors (Lipinski definition) is 1. The molecule has 0 saturated carbocycles. The van der Waals surface area contributed by atoms with E-state index in [1.165, 1.54) is 55.8 Å². The number of aryl methyl sites for hydroxylation is 1. The monoisotopic (exact) mass is 266 g/mol. The van der Waals surface area contributed by atoms with E-state index in [1.54, 1.807) is 0 Å². The van der Waals surface area contributed by atoms with Gasteiger partial charge in [0.1, 0.15) is 0 Å². The van der Waals surface area contributed by atoms with E-state index >= 15 is 0 Å². The molecule has 18 heavy (non-hydrogen) atoms. The zero-order valence-corrected chi connectivity index (χ0v) is 12.6. The highest BCUT2D eigenvalue weighted by molar-refractivity contribution is 7.10. The Balaban J connectivity index is 1.66. The standard InChI is InChI=1S/C15H26N2S/c1-3-4-8-17-9-5-14(6-10-17)16-12-15-13(2)7-11-18-15/h7,11,14,16H,3-6,8-10,12H2,1-2H3. The molecule has 1 aliphatic rings. The third kappa shape index (κ3) is 4.08. The summed E-state index contributed by atoms with van der Waals surface area (Å²) in [5.41, 5.74) is 1.44. The van der Waals surface area contributed by atoms with Gasteiger partial charge >= 0.3 is 0 Å². The van der Waals surface area contributed by atoms with Crippen molar-refractivity contribution in [3.05, 3.63) is 21.9 Å². The van der Waals surface area contributed by atoms with Crippen molar-refractivity contribution in [1.82, 2.24) is 10.2 Å². The van der Waals surface area contributed by atoms with E-state index in [0.717, 1.165) is 12.6 Å². The van der Waals surface area contributed by atoms with E-state index in [9.17, 15) is 0 Å². The maximum Gasteiger partial charge on any atom is 0.0304 e. The average molecular weight is 266 g/mol. The van der Waals surface area contributed by atoms with Crippen LogP contribution in [0.25, 0.3) is 0 Å². The van der Waals surface area contributed by atoms with Gasteiger partial charge in [0, 0.05) is 17.5 Å². The summed E-state index contributed by atoms with van der Waals surface area (Å²) in [6, 6.07) is 2.94. The molecular weight excluding hydrogens is 240 g/mol. The Morgan fingerprint density at radius 2 is 2.17 bits per heavy atom. The molecule has 0 aliphatic carbocycles. The van der Waals surface area contributed by atoms with Gasteiger partial charge in [-0.05, 0) is 62.8 Å². The fraction of sp³-hybridized carbons (Fsp3) is 0.733. The molecule has 1 N–H and O–H groups in total. The number of likely N-dealkylation sites (tertiary alicyclic amines) is 1. The SMILES string of the molecule is CCCCN1CCC(NCc2sccc2C)CC1. The minimum Gasteiger partial charge on any atom is -0.309 e. The highest BCUT2D eigenvalue weighted by atomic mass is 32.1. The van der Waals surface area contributed by atoms with Gasteiger partial charge < -0.3 is 10.2 Å². The summed E-state index contributed by atoms with van der Waals surface area (Å²) in [7, 11) is 0. The molecule has 1 fully saturated rings. The molecule has 2 heterocycles. The van der Waals surface area contributed by atoms with Crippen LogP contribution >= 0.6 is 11.3 Å². The van der Waals surface area contributed by atoms with E-state index in [4.69, 9.17) is 0 Å². The molecule has 2 nitrogen and oxygen atoms in total. The highest BCUT2D eigenvalue weighted by Crippen LogP contribution is 2.17. The Bertz CT molecular complexity index is 340. The molecule has 0 aromatic carbocycles. The van der Waals surface area contributed by atoms with Gasteiger partial charge in [0.2, 0.25) is 0 Å². The quantitative estimate of drug-likeness (QED) is 0.849. The van der Waals surface area contributed by atoms with Crippen molar-refractivity contribution in [3.63, 3.8) is 0 Å². The second-order valence-electron chi connectivity index (χ2n) is 5.38. The molecule has 0 unspecified atom stereocenters. The number of piperidine rings is 1. The first-order valence-electron chi connectivity index (χ1n) is 7.28. The van der Waals surface area contributed by atoms with Gasteiger partial charge in [-0.2, -0.15) is 0 Å². The Kier molecular flexibility index (Phi) is 5.67. The predicted molar refractivity (Wildman–Crippen MR) is 80.3 cm³/mol. The van der Waals surface area contributed by atoms with Crippen LogP contribution < -0.4 is 5.32 Å². The third-order valence-corrected chi connectivity index (χ3v) is 4.96. The molecule has 102 valence electrons. The second-order valence-corrected chi connectivity index (χ2v) is 6.38. The van der Waals surface area contributed by atoms with Crippen LogP contribution in [0.2, 0.25) is 0 Å². The number of nitrogens with one attached hydrogen (secondary N) is 1. The van der Waals surface area contributed by atoms with Crippen LogP contribution in [0.4, 0.5) is 0 Å². The summed E-state index contributed by atoms with van der Waals surface area (Å²) in [5.74, 6) is 0. The molecule has 2 rings (SSSR count). The predicted octanol–water partition coefficient (Wildman–Crippen LogP) is 3.41. The average Bonchev–Trinajstić information content (AvgIpc) is 2.81. The molecule has 0 spiro atoms. The number of unbranched alkanes of at least 4 members (excludes halogenated alkanes) is 1. The Labute approximate surface area is 115 Å². The van der Waals surface area contributed by atoms with Crippen LogP contribution in [0.3, 0.4) is 0 Å². The lowest BCUT2D eigenvalue weighted by Crippen LogP contribution is -2.42. The van der Waals surface area contributed by atoms with E-state index in [2.05, 4.69) is 35.5 Å². The normalized spacial score (nSPS) is 18.3. The van der Waals surface area contributed by atoms with Gasteiger partial charge in [0.05, 0.1) is 0 Å². The maximum absolute atomic E-state index is 3.73. The zero-order chi connectivity index (χ0) is 12.8. The number of nitrogens with zero attached hydrogens (tertiary/aromatic N) is 1. The topological polar surface area (TPSA) is 15.3 Å². The van der Waals surface area contributed by atoms with Crippen LogP contribution in [-0.2, 0) is 6.54 Å². The van der Waals surface area contributed by atoms with Crippen LogP contribution in [0.5, 0.6) is 0 Å². The first-order chi connectivity index (χ1) is 8.79. The van der Waals surface area contributed by atoms with Crippen molar-refractivity contribution in [2.24, 2.45) is 0 Å². The van der Waals surface area contributed by atoms with E-state index in [0.29, 0.717) is 0 Å². The molecule has 3 heteroatoms. The molecule has 0 radical (unpaired) electrons.